The van der Waals surface area contributed by atoms with Gasteiger partial charge in [-0.05, 0) is 28.1 Å². The number of rotatable bonds is 0. The van der Waals surface area contributed by atoms with Gasteiger partial charge in [-0.2, -0.15) is 0 Å². The van der Waals surface area contributed by atoms with Crippen molar-refractivity contribution in [3.05, 3.63) is 34.9 Å². The van der Waals surface area contributed by atoms with Crippen molar-refractivity contribution in [3.63, 3.8) is 0 Å². The van der Waals surface area contributed by atoms with Crippen LogP contribution < -0.4 is 5.73 Å². The Kier molecular flexibility index (Phi) is 1.73. The zero-order valence-corrected chi connectivity index (χ0v) is 7.88. The number of fused-ring (bicyclic) bond motifs is 1. The average Bonchev–Trinajstić information content (AvgIpc) is 2.07. The van der Waals surface area contributed by atoms with E-state index in [4.69, 9.17) is 5.73 Å². The summed E-state index contributed by atoms with van der Waals surface area (Å²) in [6.07, 6.45) is 1.71. The molecular formula is C9H7BrN2. The van der Waals surface area contributed by atoms with Crippen molar-refractivity contribution in [1.29, 1.82) is 0 Å². The molecule has 0 atom stereocenters. The molecule has 12 heavy (non-hydrogen) atoms. The Hall–Kier alpha value is -1.09. The number of anilines is 1. The summed E-state index contributed by atoms with van der Waals surface area (Å²) in [6, 6.07) is 7.66. The van der Waals surface area contributed by atoms with Crippen molar-refractivity contribution in [1.82, 2.24) is 4.98 Å². The van der Waals surface area contributed by atoms with E-state index in [1.54, 1.807) is 12.3 Å². The van der Waals surface area contributed by atoms with Gasteiger partial charge in [-0.25, -0.2) is 0 Å². The summed E-state index contributed by atoms with van der Waals surface area (Å²) in [7, 11) is 0. The lowest BCUT2D eigenvalue weighted by molar-refractivity contribution is 1.40. The monoisotopic (exact) mass is 222 g/mol. The molecule has 1 aromatic carbocycles. The summed E-state index contributed by atoms with van der Waals surface area (Å²) in [6.45, 7) is 0. The van der Waals surface area contributed by atoms with Crippen LogP contribution in [0, 0.1) is 0 Å². The Morgan fingerprint density at radius 2 is 2.08 bits per heavy atom. The van der Waals surface area contributed by atoms with E-state index in [0.717, 1.165) is 21.1 Å². The van der Waals surface area contributed by atoms with Gasteiger partial charge in [-0.3, -0.25) is 4.98 Å². The topological polar surface area (TPSA) is 38.9 Å². The molecule has 60 valence electrons. The van der Waals surface area contributed by atoms with Crippen molar-refractivity contribution >= 4 is 32.5 Å². The minimum absolute atomic E-state index is 0.765. The third-order valence-electron chi connectivity index (χ3n) is 1.76. The van der Waals surface area contributed by atoms with Crippen LogP contribution in [-0.2, 0) is 0 Å². The number of nitrogen functional groups attached to an aromatic ring is 1. The molecule has 2 N–H and O–H groups in total. The molecule has 0 bridgehead atoms. The van der Waals surface area contributed by atoms with E-state index < -0.39 is 0 Å². The fourth-order valence-corrected chi connectivity index (χ4v) is 1.63. The quantitative estimate of drug-likeness (QED) is 0.745. The molecule has 0 saturated heterocycles. The number of halogens is 1. The molecule has 0 amide bonds. The van der Waals surface area contributed by atoms with Gasteiger partial charge in [0.15, 0.2) is 0 Å². The van der Waals surface area contributed by atoms with E-state index in [0.29, 0.717) is 0 Å². The highest BCUT2D eigenvalue weighted by atomic mass is 79.9. The van der Waals surface area contributed by atoms with Gasteiger partial charge >= 0.3 is 0 Å². The lowest BCUT2D eigenvalue weighted by Crippen LogP contribution is -1.88. The Morgan fingerprint density at radius 1 is 1.25 bits per heavy atom. The van der Waals surface area contributed by atoms with Crippen LogP contribution in [0.25, 0.3) is 10.9 Å². The van der Waals surface area contributed by atoms with Gasteiger partial charge < -0.3 is 5.73 Å². The van der Waals surface area contributed by atoms with Crippen LogP contribution in [0.15, 0.2) is 34.9 Å². The molecule has 0 aliphatic heterocycles. The number of para-hydroxylation sites is 1. The van der Waals surface area contributed by atoms with Crippen LogP contribution in [0.5, 0.6) is 0 Å². The second-order valence-electron chi connectivity index (χ2n) is 2.54. The molecule has 2 rings (SSSR count). The standard InChI is InChI=1S/C9H7BrN2/c10-7-3-1-2-6-8(11)4-5-12-9(6)7/h1-5H,(H2,11,12). The average molecular weight is 223 g/mol. The number of pyridine rings is 1. The molecule has 0 saturated carbocycles. The van der Waals surface area contributed by atoms with Gasteiger partial charge in [0.05, 0.1) is 5.52 Å². The van der Waals surface area contributed by atoms with Crippen LogP contribution in [0.4, 0.5) is 5.69 Å². The molecule has 3 heteroatoms. The van der Waals surface area contributed by atoms with Crippen LogP contribution in [0.2, 0.25) is 0 Å². The van der Waals surface area contributed by atoms with Crippen molar-refractivity contribution < 1.29 is 0 Å². The molecule has 0 aliphatic carbocycles. The van der Waals surface area contributed by atoms with Crippen LogP contribution in [0.3, 0.4) is 0 Å². The summed E-state index contributed by atoms with van der Waals surface area (Å²) in [4.78, 5) is 4.21. The number of aromatic nitrogens is 1. The Balaban J connectivity index is 2.94. The molecule has 0 radical (unpaired) electrons. The molecular weight excluding hydrogens is 216 g/mol. The zero-order chi connectivity index (χ0) is 8.55. The zero-order valence-electron chi connectivity index (χ0n) is 6.29. The van der Waals surface area contributed by atoms with Gasteiger partial charge in [0.25, 0.3) is 0 Å². The van der Waals surface area contributed by atoms with E-state index in [-0.39, 0.29) is 0 Å². The third-order valence-corrected chi connectivity index (χ3v) is 2.40. The van der Waals surface area contributed by atoms with E-state index in [9.17, 15) is 0 Å². The molecule has 0 spiro atoms. The smallest absolute Gasteiger partial charge is 0.0864 e. The van der Waals surface area contributed by atoms with Crippen LogP contribution in [-0.4, -0.2) is 4.98 Å². The van der Waals surface area contributed by atoms with Crippen LogP contribution in [0.1, 0.15) is 0 Å². The predicted octanol–water partition coefficient (Wildman–Crippen LogP) is 2.58. The number of nitrogens with zero attached hydrogens (tertiary/aromatic N) is 1. The fourth-order valence-electron chi connectivity index (χ4n) is 1.16. The van der Waals surface area contributed by atoms with Crippen molar-refractivity contribution in [2.24, 2.45) is 0 Å². The molecule has 1 aromatic heterocycles. The minimum Gasteiger partial charge on any atom is -0.398 e. The van der Waals surface area contributed by atoms with Crippen molar-refractivity contribution in [2.45, 2.75) is 0 Å². The summed E-state index contributed by atoms with van der Waals surface area (Å²) in [5.41, 5.74) is 7.44. The van der Waals surface area contributed by atoms with Crippen molar-refractivity contribution in [2.75, 3.05) is 5.73 Å². The predicted molar refractivity (Wildman–Crippen MR) is 53.9 cm³/mol. The van der Waals surface area contributed by atoms with Gasteiger partial charge in [0.1, 0.15) is 0 Å². The number of nitrogens with two attached hydrogens (primary N) is 1. The lowest BCUT2D eigenvalue weighted by Gasteiger charge is -2.01. The van der Waals surface area contributed by atoms with E-state index in [1.165, 1.54) is 0 Å². The number of hydrogen-bond donors (Lipinski definition) is 1. The Labute approximate surface area is 78.5 Å². The number of hydrogen-bond acceptors (Lipinski definition) is 2. The second kappa shape index (κ2) is 2.75. The fraction of sp³-hybridized carbons (Fsp3) is 0. The summed E-state index contributed by atoms with van der Waals surface area (Å²) in [5.74, 6) is 0. The maximum Gasteiger partial charge on any atom is 0.0864 e. The highest BCUT2D eigenvalue weighted by Crippen LogP contribution is 2.24. The lowest BCUT2D eigenvalue weighted by atomic mass is 10.2. The van der Waals surface area contributed by atoms with E-state index >= 15 is 0 Å². The molecule has 2 aromatic rings. The maximum atomic E-state index is 5.76. The molecule has 0 aliphatic rings. The highest BCUT2D eigenvalue weighted by Gasteiger charge is 2.00. The highest BCUT2D eigenvalue weighted by molar-refractivity contribution is 9.10. The number of benzene rings is 1. The summed E-state index contributed by atoms with van der Waals surface area (Å²) >= 11 is 3.41. The van der Waals surface area contributed by atoms with E-state index in [2.05, 4.69) is 20.9 Å². The Morgan fingerprint density at radius 3 is 2.83 bits per heavy atom. The maximum absolute atomic E-state index is 5.76. The van der Waals surface area contributed by atoms with Crippen LogP contribution >= 0.6 is 15.9 Å². The van der Waals surface area contributed by atoms with Gasteiger partial charge in [0.2, 0.25) is 0 Å². The van der Waals surface area contributed by atoms with Gasteiger partial charge in [-0.15, -0.1) is 0 Å². The first kappa shape index (κ1) is 7.55. The molecule has 2 nitrogen and oxygen atoms in total. The van der Waals surface area contributed by atoms with Gasteiger partial charge in [0, 0.05) is 21.7 Å². The van der Waals surface area contributed by atoms with Gasteiger partial charge in [-0.1, -0.05) is 12.1 Å². The normalized spacial score (nSPS) is 10.4. The Bertz CT molecular complexity index is 385. The van der Waals surface area contributed by atoms with E-state index in [1.807, 2.05) is 18.2 Å². The third kappa shape index (κ3) is 1.06. The summed E-state index contributed by atoms with van der Waals surface area (Å²) in [5, 5.41) is 0.992. The molecule has 0 unspecified atom stereocenters. The minimum atomic E-state index is 0.765. The largest absolute Gasteiger partial charge is 0.398 e. The first-order chi connectivity index (χ1) is 5.79. The summed E-state index contributed by atoms with van der Waals surface area (Å²) < 4.78 is 0.979. The van der Waals surface area contributed by atoms with Crippen molar-refractivity contribution in [3.8, 4) is 0 Å². The second-order valence-corrected chi connectivity index (χ2v) is 3.39. The first-order valence-corrected chi connectivity index (χ1v) is 4.37. The SMILES string of the molecule is Nc1ccnc2c(Br)cccc12. The molecule has 0 fully saturated rings. The first-order valence-electron chi connectivity index (χ1n) is 3.58. The molecule has 1 heterocycles.